The SMILES string of the molecule is CCc1nc2c(C)cc(Br)cn2c1C(=O)Nc1ccc(OC)c(OC)c1. The van der Waals surface area contributed by atoms with Gasteiger partial charge in [0.25, 0.3) is 5.91 Å². The first-order valence-electron chi connectivity index (χ1n) is 8.19. The third-order valence-corrected chi connectivity index (χ3v) is 4.57. The predicted octanol–water partition coefficient (Wildman–Crippen LogP) is 4.24. The zero-order chi connectivity index (χ0) is 18.8. The molecule has 1 aromatic carbocycles. The molecule has 2 heterocycles. The van der Waals surface area contributed by atoms with Gasteiger partial charge in [-0.3, -0.25) is 9.20 Å². The van der Waals surface area contributed by atoms with E-state index in [2.05, 4.69) is 26.2 Å². The highest BCUT2D eigenvalue weighted by Gasteiger charge is 2.20. The van der Waals surface area contributed by atoms with E-state index < -0.39 is 0 Å². The van der Waals surface area contributed by atoms with Gasteiger partial charge in [0.05, 0.1) is 19.9 Å². The van der Waals surface area contributed by atoms with Gasteiger partial charge in [-0.1, -0.05) is 6.92 Å². The van der Waals surface area contributed by atoms with Crippen molar-refractivity contribution >= 4 is 33.2 Å². The molecule has 0 aliphatic rings. The molecule has 0 saturated heterocycles. The highest BCUT2D eigenvalue weighted by atomic mass is 79.9. The largest absolute Gasteiger partial charge is 0.493 e. The number of ether oxygens (including phenoxy) is 2. The summed E-state index contributed by atoms with van der Waals surface area (Å²) in [6.45, 7) is 3.96. The number of fused-ring (bicyclic) bond motifs is 1. The quantitative estimate of drug-likeness (QED) is 0.674. The summed E-state index contributed by atoms with van der Waals surface area (Å²) in [6, 6.07) is 7.24. The van der Waals surface area contributed by atoms with E-state index in [-0.39, 0.29) is 5.91 Å². The molecule has 136 valence electrons. The van der Waals surface area contributed by atoms with Crippen LogP contribution in [0.3, 0.4) is 0 Å². The molecule has 0 saturated carbocycles. The molecule has 0 aliphatic carbocycles. The van der Waals surface area contributed by atoms with Crippen LogP contribution in [0.5, 0.6) is 11.5 Å². The summed E-state index contributed by atoms with van der Waals surface area (Å²) in [7, 11) is 3.13. The van der Waals surface area contributed by atoms with E-state index in [4.69, 9.17) is 9.47 Å². The predicted molar refractivity (Wildman–Crippen MR) is 105 cm³/mol. The minimum atomic E-state index is -0.223. The highest BCUT2D eigenvalue weighted by molar-refractivity contribution is 9.10. The number of pyridine rings is 1. The fourth-order valence-electron chi connectivity index (χ4n) is 2.91. The average Bonchev–Trinajstić information content (AvgIpc) is 3.00. The lowest BCUT2D eigenvalue weighted by Crippen LogP contribution is -2.16. The van der Waals surface area contributed by atoms with Crippen LogP contribution in [-0.4, -0.2) is 29.5 Å². The van der Waals surface area contributed by atoms with Crippen molar-refractivity contribution in [1.82, 2.24) is 9.38 Å². The van der Waals surface area contributed by atoms with E-state index in [1.54, 1.807) is 32.4 Å². The molecule has 1 N–H and O–H groups in total. The Labute approximate surface area is 160 Å². The van der Waals surface area contributed by atoms with Crippen molar-refractivity contribution in [3.05, 3.63) is 51.9 Å². The number of rotatable bonds is 5. The number of nitrogens with one attached hydrogen (secondary N) is 1. The lowest BCUT2D eigenvalue weighted by atomic mass is 10.2. The fourth-order valence-corrected chi connectivity index (χ4v) is 3.45. The zero-order valence-corrected chi connectivity index (χ0v) is 16.7. The van der Waals surface area contributed by atoms with Gasteiger partial charge < -0.3 is 14.8 Å². The van der Waals surface area contributed by atoms with E-state index in [9.17, 15) is 4.79 Å². The number of carbonyl (C=O) groups is 1. The minimum Gasteiger partial charge on any atom is -0.493 e. The van der Waals surface area contributed by atoms with E-state index >= 15 is 0 Å². The normalized spacial score (nSPS) is 10.8. The van der Waals surface area contributed by atoms with Gasteiger partial charge in [0, 0.05) is 22.4 Å². The van der Waals surface area contributed by atoms with Crippen LogP contribution in [0, 0.1) is 6.92 Å². The van der Waals surface area contributed by atoms with E-state index in [1.165, 1.54) is 0 Å². The third kappa shape index (κ3) is 3.26. The summed E-state index contributed by atoms with van der Waals surface area (Å²) in [6.07, 6.45) is 2.52. The molecule has 0 atom stereocenters. The van der Waals surface area contributed by atoms with Crippen LogP contribution >= 0.6 is 15.9 Å². The minimum absolute atomic E-state index is 0.223. The first kappa shape index (κ1) is 18.3. The second-order valence-corrected chi connectivity index (χ2v) is 6.74. The van der Waals surface area contributed by atoms with Gasteiger partial charge in [0.1, 0.15) is 11.3 Å². The summed E-state index contributed by atoms with van der Waals surface area (Å²) < 4.78 is 13.2. The van der Waals surface area contributed by atoms with Gasteiger partial charge in [-0.2, -0.15) is 0 Å². The molecule has 0 radical (unpaired) electrons. The van der Waals surface area contributed by atoms with Crippen LogP contribution < -0.4 is 14.8 Å². The number of carbonyl (C=O) groups excluding carboxylic acids is 1. The lowest BCUT2D eigenvalue weighted by molar-refractivity contribution is 0.102. The molecule has 0 fully saturated rings. The third-order valence-electron chi connectivity index (χ3n) is 4.13. The summed E-state index contributed by atoms with van der Waals surface area (Å²) in [4.78, 5) is 17.6. The van der Waals surface area contributed by atoms with Crippen LogP contribution in [0.15, 0.2) is 34.9 Å². The number of imidazole rings is 1. The van der Waals surface area contributed by atoms with E-state index in [0.29, 0.717) is 29.3 Å². The van der Waals surface area contributed by atoms with Gasteiger partial charge in [-0.05, 0) is 53.0 Å². The summed E-state index contributed by atoms with van der Waals surface area (Å²) in [5, 5.41) is 2.93. The molecule has 6 nitrogen and oxygen atoms in total. The standard InChI is InChI=1S/C19H20BrN3O3/c1-5-14-17(23-10-12(20)8-11(2)18(23)22-14)19(24)21-13-6-7-15(25-3)16(9-13)26-4/h6-10H,5H2,1-4H3,(H,21,24). The number of halogens is 1. The fraction of sp³-hybridized carbons (Fsp3) is 0.263. The Balaban J connectivity index is 2.03. The van der Waals surface area contributed by atoms with Crippen molar-refractivity contribution in [2.75, 3.05) is 19.5 Å². The zero-order valence-electron chi connectivity index (χ0n) is 15.1. The Morgan fingerprint density at radius 2 is 1.96 bits per heavy atom. The molecule has 7 heteroatoms. The molecule has 2 aromatic heterocycles. The first-order chi connectivity index (χ1) is 12.5. The van der Waals surface area contributed by atoms with Crippen molar-refractivity contribution < 1.29 is 14.3 Å². The lowest BCUT2D eigenvalue weighted by Gasteiger charge is -2.11. The molecule has 0 bridgehead atoms. The van der Waals surface area contributed by atoms with Gasteiger partial charge in [0.2, 0.25) is 0 Å². The molecule has 0 unspecified atom stereocenters. The number of benzene rings is 1. The topological polar surface area (TPSA) is 64.9 Å². The molecular weight excluding hydrogens is 398 g/mol. The second-order valence-electron chi connectivity index (χ2n) is 5.82. The summed E-state index contributed by atoms with van der Waals surface area (Å²) >= 11 is 3.49. The Kier molecular flexibility index (Phi) is 5.18. The number of nitrogens with zero attached hydrogens (tertiary/aromatic N) is 2. The van der Waals surface area contributed by atoms with Gasteiger partial charge >= 0.3 is 0 Å². The van der Waals surface area contributed by atoms with Crippen LogP contribution in [-0.2, 0) is 6.42 Å². The number of aryl methyl sites for hydroxylation is 2. The second kappa shape index (κ2) is 7.37. The van der Waals surface area contributed by atoms with Gasteiger partial charge in [0.15, 0.2) is 11.5 Å². The maximum Gasteiger partial charge on any atom is 0.274 e. The van der Waals surface area contributed by atoms with Gasteiger partial charge in [-0.15, -0.1) is 0 Å². The number of aromatic nitrogens is 2. The number of hydrogen-bond acceptors (Lipinski definition) is 4. The average molecular weight is 418 g/mol. The van der Waals surface area contributed by atoms with Crippen LogP contribution in [0.1, 0.15) is 28.7 Å². The molecular formula is C19H20BrN3O3. The van der Waals surface area contributed by atoms with Crippen molar-refractivity contribution in [3.8, 4) is 11.5 Å². The van der Waals surface area contributed by atoms with Gasteiger partial charge in [-0.25, -0.2) is 4.98 Å². The van der Waals surface area contributed by atoms with E-state index in [1.807, 2.05) is 30.5 Å². The number of anilines is 1. The van der Waals surface area contributed by atoms with Crippen LogP contribution in [0.4, 0.5) is 5.69 Å². The monoisotopic (exact) mass is 417 g/mol. The number of amides is 1. The highest BCUT2D eigenvalue weighted by Crippen LogP contribution is 2.30. The smallest absolute Gasteiger partial charge is 0.274 e. The number of methoxy groups -OCH3 is 2. The molecule has 0 spiro atoms. The molecule has 1 amide bonds. The van der Waals surface area contributed by atoms with Crippen molar-refractivity contribution in [1.29, 1.82) is 0 Å². The first-order valence-corrected chi connectivity index (χ1v) is 8.98. The Hall–Kier alpha value is -2.54. The van der Waals surface area contributed by atoms with E-state index in [0.717, 1.165) is 21.4 Å². The molecule has 3 rings (SSSR count). The Morgan fingerprint density at radius 3 is 2.62 bits per heavy atom. The molecule has 26 heavy (non-hydrogen) atoms. The maximum atomic E-state index is 13.0. The van der Waals surface area contributed by atoms with Crippen molar-refractivity contribution in [3.63, 3.8) is 0 Å². The summed E-state index contributed by atoms with van der Waals surface area (Å²) in [5.41, 5.74) is 3.68. The van der Waals surface area contributed by atoms with Crippen LogP contribution in [0.2, 0.25) is 0 Å². The maximum absolute atomic E-state index is 13.0. The Bertz CT molecular complexity index is 982. The van der Waals surface area contributed by atoms with Crippen LogP contribution in [0.25, 0.3) is 5.65 Å². The molecule has 0 aliphatic heterocycles. The van der Waals surface area contributed by atoms with Crippen molar-refractivity contribution in [2.24, 2.45) is 0 Å². The summed E-state index contributed by atoms with van der Waals surface area (Å²) in [5.74, 6) is 0.936. The number of hydrogen-bond donors (Lipinski definition) is 1. The Morgan fingerprint density at radius 1 is 1.23 bits per heavy atom. The molecule has 3 aromatic rings. The van der Waals surface area contributed by atoms with Crippen molar-refractivity contribution in [2.45, 2.75) is 20.3 Å².